The largest absolute Gasteiger partial charge is 0.480 e. The van der Waals surface area contributed by atoms with Crippen molar-refractivity contribution in [1.29, 1.82) is 0 Å². The molecule has 2 N–H and O–H groups in total. The highest BCUT2D eigenvalue weighted by molar-refractivity contribution is 6.30. The van der Waals surface area contributed by atoms with Crippen LogP contribution in [0.15, 0.2) is 24.3 Å². The Morgan fingerprint density at radius 1 is 1.28 bits per heavy atom. The summed E-state index contributed by atoms with van der Waals surface area (Å²) in [6.07, 6.45) is 6.81. The third-order valence-corrected chi connectivity index (χ3v) is 5.46. The van der Waals surface area contributed by atoms with Gasteiger partial charge in [0.15, 0.2) is 0 Å². The van der Waals surface area contributed by atoms with E-state index in [0.29, 0.717) is 17.4 Å². The highest BCUT2D eigenvalue weighted by Gasteiger charge is 2.49. The molecule has 0 bridgehead atoms. The second kappa shape index (κ2) is 7.65. The van der Waals surface area contributed by atoms with E-state index in [-0.39, 0.29) is 0 Å². The van der Waals surface area contributed by atoms with Gasteiger partial charge in [-0.05, 0) is 42.9 Å². The van der Waals surface area contributed by atoms with Gasteiger partial charge in [-0.1, -0.05) is 55.8 Å². The molecule has 1 aromatic rings. The highest BCUT2D eigenvalue weighted by Crippen LogP contribution is 2.49. The second-order valence-electron chi connectivity index (χ2n) is 7.17. The minimum absolute atomic E-state index is 0.359. The molecule has 2 aliphatic carbocycles. The van der Waals surface area contributed by atoms with Crippen LogP contribution in [0.25, 0.3) is 0 Å². The van der Waals surface area contributed by atoms with Gasteiger partial charge in [0.05, 0.1) is 0 Å². The Morgan fingerprint density at radius 3 is 2.60 bits per heavy atom. The first-order valence-corrected chi connectivity index (χ1v) is 9.35. The zero-order chi connectivity index (χ0) is 17.9. The number of aliphatic carboxylic acids is 1. The molecular weight excluding hydrogens is 342 g/mol. The molecule has 136 valence electrons. The molecule has 2 saturated carbocycles. The van der Waals surface area contributed by atoms with Crippen molar-refractivity contribution < 1.29 is 19.4 Å². The molecule has 6 heteroatoms. The average molecular weight is 366 g/mol. The predicted octanol–water partition coefficient (Wildman–Crippen LogP) is 4.48. The first kappa shape index (κ1) is 18.1. The molecule has 0 unspecified atom stereocenters. The van der Waals surface area contributed by atoms with E-state index in [9.17, 15) is 14.7 Å². The number of amides is 1. The summed E-state index contributed by atoms with van der Waals surface area (Å²) in [4.78, 5) is 23.8. The van der Waals surface area contributed by atoms with Gasteiger partial charge in [0.1, 0.15) is 11.6 Å². The molecule has 1 aromatic carbocycles. The molecule has 3 rings (SSSR count). The van der Waals surface area contributed by atoms with Gasteiger partial charge in [-0.15, -0.1) is 0 Å². The van der Waals surface area contributed by atoms with E-state index in [1.807, 2.05) is 12.1 Å². The second-order valence-corrected chi connectivity index (χ2v) is 7.61. The number of carbonyl (C=O) groups excluding carboxylic acids is 1. The molecule has 2 fully saturated rings. The predicted molar refractivity (Wildman–Crippen MR) is 94.6 cm³/mol. The maximum atomic E-state index is 12.3. The Morgan fingerprint density at radius 2 is 2.00 bits per heavy atom. The number of hydrogen-bond donors (Lipinski definition) is 2. The van der Waals surface area contributed by atoms with Crippen molar-refractivity contribution >= 4 is 23.7 Å². The van der Waals surface area contributed by atoms with Crippen molar-refractivity contribution in [3.05, 3.63) is 34.9 Å². The molecule has 2 aliphatic rings. The maximum absolute atomic E-state index is 12.3. The first-order chi connectivity index (χ1) is 12.0. The minimum atomic E-state index is -1.00. The van der Waals surface area contributed by atoms with E-state index in [4.69, 9.17) is 16.3 Å². The maximum Gasteiger partial charge on any atom is 0.408 e. The number of halogens is 1. The van der Waals surface area contributed by atoms with Gasteiger partial charge < -0.3 is 15.2 Å². The van der Waals surface area contributed by atoms with Crippen LogP contribution in [0.5, 0.6) is 0 Å². The number of hydrogen-bond acceptors (Lipinski definition) is 3. The third kappa shape index (κ3) is 4.66. The Hall–Kier alpha value is -1.75. The molecule has 25 heavy (non-hydrogen) atoms. The normalized spacial score (nSPS) is 20.5. The van der Waals surface area contributed by atoms with Crippen LogP contribution in [0.3, 0.4) is 0 Å². The van der Waals surface area contributed by atoms with E-state index >= 15 is 0 Å². The van der Waals surface area contributed by atoms with Gasteiger partial charge in [0.25, 0.3) is 0 Å². The summed E-state index contributed by atoms with van der Waals surface area (Å²) >= 11 is 6.02. The van der Waals surface area contributed by atoms with Crippen LogP contribution < -0.4 is 5.32 Å². The lowest BCUT2D eigenvalue weighted by Gasteiger charge is -2.25. The van der Waals surface area contributed by atoms with Crippen molar-refractivity contribution in [2.24, 2.45) is 5.92 Å². The number of benzene rings is 1. The minimum Gasteiger partial charge on any atom is -0.480 e. The SMILES string of the molecule is O=C(N[C@@H](CC1CCCCC1)C(=O)O)OC1(c2cccc(Cl)c2)CC1. The van der Waals surface area contributed by atoms with Crippen molar-refractivity contribution in [2.45, 2.75) is 63.0 Å². The molecule has 0 saturated heterocycles. The van der Waals surface area contributed by atoms with Crippen LogP contribution >= 0.6 is 11.6 Å². The van der Waals surface area contributed by atoms with Crippen LogP contribution in [0.2, 0.25) is 5.02 Å². The summed E-state index contributed by atoms with van der Waals surface area (Å²) in [5, 5.41) is 12.6. The van der Waals surface area contributed by atoms with Crippen molar-refractivity contribution in [1.82, 2.24) is 5.32 Å². The topological polar surface area (TPSA) is 75.6 Å². The molecule has 5 nitrogen and oxygen atoms in total. The smallest absolute Gasteiger partial charge is 0.408 e. The van der Waals surface area contributed by atoms with Crippen LogP contribution in [-0.2, 0) is 15.1 Å². The van der Waals surface area contributed by atoms with E-state index < -0.39 is 23.7 Å². The van der Waals surface area contributed by atoms with E-state index in [2.05, 4.69) is 5.32 Å². The fraction of sp³-hybridized carbons (Fsp3) is 0.579. The fourth-order valence-corrected chi connectivity index (χ4v) is 3.85. The van der Waals surface area contributed by atoms with Crippen LogP contribution in [0.4, 0.5) is 4.79 Å². The molecule has 1 amide bonds. The number of ether oxygens (including phenoxy) is 1. The zero-order valence-corrected chi connectivity index (χ0v) is 14.9. The van der Waals surface area contributed by atoms with Gasteiger partial charge in [-0.25, -0.2) is 9.59 Å². The number of carboxylic acids is 1. The Balaban J connectivity index is 1.59. The van der Waals surface area contributed by atoms with Gasteiger partial charge in [0.2, 0.25) is 0 Å². The number of nitrogens with one attached hydrogen (secondary N) is 1. The Bertz CT molecular complexity index is 638. The molecule has 0 radical (unpaired) electrons. The van der Waals surface area contributed by atoms with Gasteiger partial charge >= 0.3 is 12.1 Å². The molecule has 0 aliphatic heterocycles. The van der Waals surface area contributed by atoms with Crippen molar-refractivity contribution in [2.75, 3.05) is 0 Å². The molecular formula is C19H24ClNO4. The number of alkyl carbamates (subject to hydrolysis) is 1. The Labute approximate surface area is 152 Å². The summed E-state index contributed by atoms with van der Waals surface area (Å²) in [7, 11) is 0. The zero-order valence-electron chi connectivity index (χ0n) is 14.2. The summed E-state index contributed by atoms with van der Waals surface area (Å²) in [6, 6.07) is 6.36. The Kier molecular flexibility index (Phi) is 5.52. The standard InChI is InChI=1S/C19H24ClNO4/c20-15-8-4-7-14(12-15)19(9-10-19)25-18(24)21-16(17(22)23)11-13-5-2-1-3-6-13/h4,7-8,12-13,16H,1-3,5-6,9-11H2,(H,21,24)(H,22,23)/t16-/m0/s1. The summed E-state index contributed by atoms with van der Waals surface area (Å²) in [6.45, 7) is 0. The molecule has 0 heterocycles. The van der Waals surface area contributed by atoms with Crippen LogP contribution in [0, 0.1) is 5.92 Å². The number of rotatable bonds is 6. The van der Waals surface area contributed by atoms with Crippen LogP contribution in [0.1, 0.15) is 56.9 Å². The van der Waals surface area contributed by atoms with Gasteiger partial charge in [-0.2, -0.15) is 0 Å². The van der Waals surface area contributed by atoms with Crippen molar-refractivity contribution in [3.8, 4) is 0 Å². The van der Waals surface area contributed by atoms with Gasteiger partial charge in [0, 0.05) is 5.02 Å². The van der Waals surface area contributed by atoms with Crippen LogP contribution in [-0.4, -0.2) is 23.2 Å². The molecule has 1 atom stereocenters. The monoisotopic (exact) mass is 365 g/mol. The van der Waals surface area contributed by atoms with E-state index in [0.717, 1.165) is 44.1 Å². The van der Waals surface area contributed by atoms with Gasteiger partial charge in [-0.3, -0.25) is 0 Å². The third-order valence-electron chi connectivity index (χ3n) is 5.23. The molecule has 0 spiro atoms. The first-order valence-electron chi connectivity index (χ1n) is 8.97. The number of carbonyl (C=O) groups is 2. The fourth-order valence-electron chi connectivity index (χ4n) is 3.66. The van der Waals surface area contributed by atoms with Crippen molar-refractivity contribution in [3.63, 3.8) is 0 Å². The van der Waals surface area contributed by atoms with E-state index in [1.54, 1.807) is 12.1 Å². The summed E-state index contributed by atoms with van der Waals surface area (Å²) in [5.74, 6) is -0.645. The highest BCUT2D eigenvalue weighted by atomic mass is 35.5. The molecule has 0 aromatic heterocycles. The number of carboxylic acid groups (broad SMARTS) is 1. The average Bonchev–Trinajstić information content (AvgIpc) is 3.36. The lowest BCUT2D eigenvalue weighted by Crippen LogP contribution is -2.43. The lowest BCUT2D eigenvalue weighted by atomic mass is 9.85. The lowest BCUT2D eigenvalue weighted by molar-refractivity contribution is -0.140. The van der Waals surface area contributed by atoms with E-state index in [1.165, 1.54) is 6.42 Å². The quantitative estimate of drug-likeness (QED) is 0.779. The summed E-state index contributed by atoms with van der Waals surface area (Å²) < 4.78 is 5.59. The summed E-state index contributed by atoms with van der Waals surface area (Å²) in [5.41, 5.74) is 0.192.